The van der Waals surface area contributed by atoms with Gasteiger partial charge in [-0.2, -0.15) is 0 Å². The van der Waals surface area contributed by atoms with Crippen LogP contribution in [0.2, 0.25) is 0 Å². The maximum atomic E-state index is 5.72. The van der Waals surface area contributed by atoms with Crippen molar-refractivity contribution in [3.8, 4) is 0 Å². The SMILES string of the molecule is CCOC1CC(NC(C)CCOC)C1(C)C. The summed E-state index contributed by atoms with van der Waals surface area (Å²) in [5.41, 5.74) is 0.261. The van der Waals surface area contributed by atoms with Crippen molar-refractivity contribution >= 4 is 0 Å². The maximum Gasteiger partial charge on any atom is 0.0655 e. The molecule has 3 heteroatoms. The van der Waals surface area contributed by atoms with Crippen molar-refractivity contribution in [2.24, 2.45) is 5.41 Å². The van der Waals surface area contributed by atoms with Crippen molar-refractivity contribution < 1.29 is 9.47 Å². The van der Waals surface area contributed by atoms with Crippen molar-refractivity contribution in [1.82, 2.24) is 5.32 Å². The Morgan fingerprint density at radius 2 is 2.12 bits per heavy atom. The molecule has 3 unspecified atom stereocenters. The molecule has 0 radical (unpaired) electrons. The number of nitrogens with one attached hydrogen (secondary N) is 1. The largest absolute Gasteiger partial charge is 0.385 e. The molecule has 96 valence electrons. The molecule has 1 aliphatic carbocycles. The molecule has 0 spiro atoms. The Bertz CT molecular complexity index is 206. The van der Waals surface area contributed by atoms with Crippen LogP contribution in [0.3, 0.4) is 0 Å². The lowest BCUT2D eigenvalue weighted by Crippen LogP contribution is -2.62. The molecule has 0 bridgehead atoms. The second kappa shape index (κ2) is 5.99. The highest BCUT2D eigenvalue weighted by molar-refractivity contribution is 5.03. The minimum Gasteiger partial charge on any atom is -0.385 e. The minimum absolute atomic E-state index is 0.261. The van der Waals surface area contributed by atoms with Crippen LogP contribution in [-0.2, 0) is 9.47 Å². The zero-order valence-electron chi connectivity index (χ0n) is 11.4. The average Bonchev–Trinajstić information content (AvgIpc) is 2.25. The summed E-state index contributed by atoms with van der Waals surface area (Å²) in [6, 6.07) is 1.10. The zero-order valence-corrected chi connectivity index (χ0v) is 11.4. The minimum atomic E-state index is 0.261. The van der Waals surface area contributed by atoms with E-state index in [0.29, 0.717) is 18.2 Å². The molecule has 0 aromatic heterocycles. The van der Waals surface area contributed by atoms with Gasteiger partial charge in [-0.15, -0.1) is 0 Å². The normalized spacial score (nSPS) is 29.8. The summed E-state index contributed by atoms with van der Waals surface area (Å²) >= 11 is 0. The quantitative estimate of drug-likeness (QED) is 0.726. The first kappa shape index (κ1) is 13.9. The molecule has 0 aliphatic heterocycles. The lowest BCUT2D eigenvalue weighted by molar-refractivity contribution is -0.116. The van der Waals surface area contributed by atoms with E-state index < -0.39 is 0 Å². The second-order valence-electron chi connectivity index (χ2n) is 5.40. The van der Waals surface area contributed by atoms with Crippen LogP contribution in [0.4, 0.5) is 0 Å². The molecule has 0 aromatic carbocycles. The molecule has 16 heavy (non-hydrogen) atoms. The molecule has 1 fully saturated rings. The molecule has 3 nitrogen and oxygen atoms in total. The molecule has 0 saturated heterocycles. The summed E-state index contributed by atoms with van der Waals surface area (Å²) in [6.07, 6.45) is 2.63. The monoisotopic (exact) mass is 229 g/mol. The maximum absolute atomic E-state index is 5.72. The Hall–Kier alpha value is -0.120. The highest BCUT2D eigenvalue weighted by atomic mass is 16.5. The highest BCUT2D eigenvalue weighted by Gasteiger charge is 2.48. The highest BCUT2D eigenvalue weighted by Crippen LogP contribution is 2.42. The fourth-order valence-electron chi connectivity index (χ4n) is 2.37. The van der Waals surface area contributed by atoms with Crippen molar-refractivity contribution in [3.63, 3.8) is 0 Å². The average molecular weight is 229 g/mol. The number of ether oxygens (including phenoxy) is 2. The smallest absolute Gasteiger partial charge is 0.0655 e. The van der Waals surface area contributed by atoms with E-state index in [0.717, 1.165) is 26.1 Å². The first-order valence-corrected chi connectivity index (χ1v) is 6.39. The molecule has 1 aliphatic rings. The Kier molecular flexibility index (Phi) is 5.22. The lowest BCUT2D eigenvalue weighted by Gasteiger charge is -2.52. The summed E-state index contributed by atoms with van der Waals surface area (Å²) in [6.45, 7) is 10.5. The van der Waals surface area contributed by atoms with Crippen LogP contribution in [0.5, 0.6) is 0 Å². The molecule has 1 N–H and O–H groups in total. The van der Waals surface area contributed by atoms with Gasteiger partial charge < -0.3 is 14.8 Å². The van der Waals surface area contributed by atoms with Crippen LogP contribution in [0, 0.1) is 5.41 Å². The van der Waals surface area contributed by atoms with Crippen LogP contribution in [0.1, 0.15) is 40.5 Å². The molecule has 0 aromatic rings. The Morgan fingerprint density at radius 3 is 2.62 bits per heavy atom. The van der Waals surface area contributed by atoms with Gasteiger partial charge in [0.1, 0.15) is 0 Å². The van der Waals surface area contributed by atoms with E-state index in [1.807, 2.05) is 0 Å². The van der Waals surface area contributed by atoms with Crippen molar-refractivity contribution in [1.29, 1.82) is 0 Å². The van der Waals surface area contributed by atoms with Gasteiger partial charge in [-0.3, -0.25) is 0 Å². The van der Waals surface area contributed by atoms with E-state index in [1.54, 1.807) is 7.11 Å². The third-order valence-corrected chi connectivity index (χ3v) is 3.79. The van der Waals surface area contributed by atoms with E-state index in [2.05, 4.69) is 33.0 Å². The number of hydrogen-bond donors (Lipinski definition) is 1. The first-order chi connectivity index (χ1) is 7.52. The van der Waals surface area contributed by atoms with Crippen LogP contribution in [-0.4, -0.2) is 38.5 Å². The Balaban J connectivity index is 2.29. The van der Waals surface area contributed by atoms with Gasteiger partial charge in [0.05, 0.1) is 6.10 Å². The van der Waals surface area contributed by atoms with Gasteiger partial charge in [-0.25, -0.2) is 0 Å². The summed E-state index contributed by atoms with van der Waals surface area (Å²) in [5, 5.41) is 3.67. The van der Waals surface area contributed by atoms with Crippen molar-refractivity contribution in [2.45, 2.75) is 58.7 Å². The predicted molar refractivity (Wildman–Crippen MR) is 66.7 cm³/mol. The number of rotatable bonds is 7. The molecule has 0 heterocycles. The molecule has 0 amide bonds. The van der Waals surface area contributed by atoms with Gasteiger partial charge in [-0.05, 0) is 26.7 Å². The van der Waals surface area contributed by atoms with Crippen molar-refractivity contribution in [3.05, 3.63) is 0 Å². The summed E-state index contributed by atoms with van der Waals surface area (Å²) < 4.78 is 10.8. The standard InChI is InChI=1S/C13H27NO2/c1-6-16-12-9-11(13(12,3)4)14-10(2)7-8-15-5/h10-12,14H,6-9H2,1-5H3. The molecular weight excluding hydrogens is 202 g/mol. The molecule has 3 atom stereocenters. The van der Waals surface area contributed by atoms with Gasteiger partial charge in [0.25, 0.3) is 0 Å². The fourth-order valence-corrected chi connectivity index (χ4v) is 2.37. The van der Waals surface area contributed by atoms with E-state index in [4.69, 9.17) is 9.47 Å². The van der Waals surface area contributed by atoms with Gasteiger partial charge in [0.15, 0.2) is 0 Å². The fraction of sp³-hybridized carbons (Fsp3) is 1.00. The van der Waals surface area contributed by atoms with Crippen LogP contribution < -0.4 is 5.32 Å². The third kappa shape index (κ3) is 3.19. The molecular formula is C13H27NO2. The zero-order chi connectivity index (χ0) is 12.2. The third-order valence-electron chi connectivity index (χ3n) is 3.79. The number of hydrogen-bond acceptors (Lipinski definition) is 3. The van der Waals surface area contributed by atoms with Crippen LogP contribution in [0.15, 0.2) is 0 Å². The van der Waals surface area contributed by atoms with E-state index in [1.165, 1.54) is 0 Å². The molecule has 1 saturated carbocycles. The summed E-state index contributed by atoms with van der Waals surface area (Å²) in [7, 11) is 1.76. The summed E-state index contributed by atoms with van der Waals surface area (Å²) in [4.78, 5) is 0. The number of methoxy groups -OCH3 is 1. The summed E-state index contributed by atoms with van der Waals surface area (Å²) in [5.74, 6) is 0. The Labute approximate surface area is 99.9 Å². The topological polar surface area (TPSA) is 30.5 Å². The van der Waals surface area contributed by atoms with E-state index >= 15 is 0 Å². The van der Waals surface area contributed by atoms with Gasteiger partial charge in [0.2, 0.25) is 0 Å². The first-order valence-electron chi connectivity index (χ1n) is 6.39. The van der Waals surface area contributed by atoms with Crippen LogP contribution >= 0.6 is 0 Å². The Morgan fingerprint density at radius 1 is 1.44 bits per heavy atom. The van der Waals surface area contributed by atoms with Gasteiger partial charge in [0, 0.05) is 37.8 Å². The van der Waals surface area contributed by atoms with Gasteiger partial charge >= 0.3 is 0 Å². The van der Waals surface area contributed by atoms with Crippen molar-refractivity contribution in [2.75, 3.05) is 20.3 Å². The molecule has 1 rings (SSSR count). The second-order valence-corrected chi connectivity index (χ2v) is 5.40. The lowest BCUT2D eigenvalue weighted by atomic mass is 9.64. The van der Waals surface area contributed by atoms with E-state index in [-0.39, 0.29) is 5.41 Å². The van der Waals surface area contributed by atoms with E-state index in [9.17, 15) is 0 Å². The predicted octanol–water partition coefficient (Wildman–Crippen LogP) is 2.20. The van der Waals surface area contributed by atoms with Crippen LogP contribution in [0.25, 0.3) is 0 Å². The van der Waals surface area contributed by atoms with Gasteiger partial charge in [-0.1, -0.05) is 13.8 Å².